The van der Waals surface area contributed by atoms with E-state index in [1.165, 1.54) is 18.4 Å². The number of rotatable bonds is 5. The lowest BCUT2D eigenvalue weighted by atomic mass is 10.0. The summed E-state index contributed by atoms with van der Waals surface area (Å²) in [5.41, 5.74) is 6.87. The summed E-state index contributed by atoms with van der Waals surface area (Å²) in [6.45, 7) is 2.54. The molecule has 1 aromatic heterocycles. The first-order valence-electron chi connectivity index (χ1n) is 8.30. The van der Waals surface area contributed by atoms with Gasteiger partial charge in [0.25, 0.3) is 5.91 Å². The molecule has 1 aliphatic heterocycles. The molecule has 1 unspecified atom stereocenters. The van der Waals surface area contributed by atoms with Crippen molar-refractivity contribution in [2.45, 2.75) is 32.0 Å². The average Bonchev–Trinajstić information content (AvgIpc) is 3.07. The first-order valence-corrected chi connectivity index (χ1v) is 8.67. The van der Waals surface area contributed by atoms with Crippen molar-refractivity contribution in [3.8, 4) is 0 Å². The van der Waals surface area contributed by atoms with E-state index in [9.17, 15) is 9.18 Å². The van der Waals surface area contributed by atoms with Gasteiger partial charge in [-0.3, -0.25) is 9.69 Å². The van der Waals surface area contributed by atoms with Crippen molar-refractivity contribution in [2.75, 3.05) is 13.1 Å². The van der Waals surface area contributed by atoms with Crippen LogP contribution < -0.4 is 11.1 Å². The smallest absolute Gasteiger partial charge is 0.254 e. The van der Waals surface area contributed by atoms with E-state index in [1.54, 1.807) is 12.1 Å². The molecule has 1 fully saturated rings. The fourth-order valence-corrected chi connectivity index (χ4v) is 3.31. The maximum Gasteiger partial charge on any atom is 0.254 e. The standard InChI is InChI=1S/C18H21ClFN3O2/c19-17-7-14(20)4-3-12(17)9-23-5-1-2-15(10-23)22-18(24)13-6-16(8-21)25-11-13/h3-4,6-7,11,15H,1-2,5,8-10,21H2,(H,22,24). The van der Waals surface area contributed by atoms with Crippen molar-refractivity contribution in [3.63, 3.8) is 0 Å². The second-order valence-electron chi connectivity index (χ2n) is 6.29. The highest BCUT2D eigenvalue weighted by molar-refractivity contribution is 6.31. The summed E-state index contributed by atoms with van der Waals surface area (Å²) >= 11 is 6.11. The Morgan fingerprint density at radius 2 is 2.28 bits per heavy atom. The minimum Gasteiger partial charge on any atom is -0.467 e. The van der Waals surface area contributed by atoms with Crippen LogP contribution in [-0.2, 0) is 13.1 Å². The Morgan fingerprint density at radius 3 is 3.00 bits per heavy atom. The van der Waals surface area contributed by atoms with Crippen LogP contribution in [0, 0.1) is 5.82 Å². The van der Waals surface area contributed by atoms with Gasteiger partial charge in [0.05, 0.1) is 12.1 Å². The monoisotopic (exact) mass is 365 g/mol. The molecular formula is C18H21ClFN3O2. The molecule has 1 aromatic carbocycles. The molecule has 0 bridgehead atoms. The molecule has 134 valence electrons. The largest absolute Gasteiger partial charge is 0.467 e. The highest BCUT2D eigenvalue weighted by Crippen LogP contribution is 2.21. The molecule has 1 saturated heterocycles. The average molecular weight is 366 g/mol. The predicted octanol–water partition coefficient (Wildman–Crippen LogP) is 2.93. The summed E-state index contributed by atoms with van der Waals surface area (Å²) in [5, 5.41) is 3.47. The van der Waals surface area contributed by atoms with Crippen molar-refractivity contribution in [1.82, 2.24) is 10.2 Å². The number of piperidine rings is 1. The van der Waals surface area contributed by atoms with Crippen LogP contribution in [0.25, 0.3) is 0 Å². The topological polar surface area (TPSA) is 71.5 Å². The summed E-state index contributed by atoms with van der Waals surface area (Å²) in [7, 11) is 0. The van der Waals surface area contributed by atoms with Gasteiger partial charge in [-0.05, 0) is 43.1 Å². The lowest BCUT2D eigenvalue weighted by molar-refractivity contribution is 0.0900. The van der Waals surface area contributed by atoms with Gasteiger partial charge in [-0.25, -0.2) is 4.39 Å². The Bertz CT molecular complexity index is 750. The number of likely N-dealkylation sites (tertiary alicyclic amines) is 1. The minimum atomic E-state index is -0.338. The lowest BCUT2D eigenvalue weighted by Gasteiger charge is -2.33. The molecule has 1 atom stereocenters. The number of hydrogen-bond acceptors (Lipinski definition) is 4. The van der Waals surface area contributed by atoms with Crippen LogP contribution >= 0.6 is 11.6 Å². The van der Waals surface area contributed by atoms with Crippen LogP contribution in [0.4, 0.5) is 4.39 Å². The Balaban J connectivity index is 1.58. The zero-order valence-electron chi connectivity index (χ0n) is 13.8. The number of carbonyl (C=O) groups excluding carboxylic acids is 1. The first-order chi connectivity index (χ1) is 12.0. The van der Waals surface area contributed by atoms with Crippen LogP contribution in [-0.4, -0.2) is 29.9 Å². The number of amides is 1. The maximum absolute atomic E-state index is 13.2. The van der Waals surface area contributed by atoms with Crippen molar-refractivity contribution >= 4 is 17.5 Å². The van der Waals surface area contributed by atoms with E-state index < -0.39 is 0 Å². The third-order valence-electron chi connectivity index (χ3n) is 4.37. The molecule has 3 rings (SSSR count). The Kier molecular flexibility index (Phi) is 5.73. The van der Waals surface area contributed by atoms with Gasteiger partial charge in [0, 0.05) is 24.2 Å². The number of hydrogen-bond donors (Lipinski definition) is 2. The Morgan fingerprint density at radius 1 is 1.44 bits per heavy atom. The van der Waals surface area contributed by atoms with Crippen molar-refractivity contribution < 1.29 is 13.6 Å². The van der Waals surface area contributed by atoms with E-state index in [-0.39, 0.29) is 24.3 Å². The van der Waals surface area contributed by atoms with Crippen molar-refractivity contribution in [1.29, 1.82) is 0 Å². The van der Waals surface area contributed by atoms with Gasteiger partial charge in [-0.15, -0.1) is 0 Å². The number of nitrogens with two attached hydrogens (primary N) is 1. The molecule has 1 amide bonds. The van der Waals surface area contributed by atoms with Gasteiger partial charge in [0.2, 0.25) is 0 Å². The number of benzene rings is 1. The zero-order chi connectivity index (χ0) is 17.8. The van der Waals surface area contributed by atoms with Gasteiger partial charge in [0.15, 0.2) is 0 Å². The second-order valence-corrected chi connectivity index (χ2v) is 6.70. The molecule has 1 aliphatic rings. The predicted molar refractivity (Wildman–Crippen MR) is 93.8 cm³/mol. The summed E-state index contributed by atoms with van der Waals surface area (Å²) in [4.78, 5) is 14.5. The summed E-state index contributed by atoms with van der Waals surface area (Å²) in [6, 6.07) is 6.16. The summed E-state index contributed by atoms with van der Waals surface area (Å²) in [6.07, 6.45) is 3.32. The Hall–Kier alpha value is -1.89. The van der Waals surface area contributed by atoms with Gasteiger partial charge in [-0.1, -0.05) is 17.7 Å². The van der Waals surface area contributed by atoms with Gasteiger partial charge < -0.3 is 15.5 Å². The number of nitrogens with zero attached hydrogens (tertiary/aromatic N) is 1. The van der Waals surface area contributed by atoms with Crippen molar-refractivity contribution in [2.24, 2.45) is 5.73 Å². The normalized spacial score (nSPS) is 18.3. The number of carbonyl (C=O) groups is 1. The quantitative estimate of drug-likeness (QED) is 0.854. The number of furan rings is 1. The summed E-state index contributed by atoms with van der Waals surface area (Å²) in [5.74, 6) is 0.0889. The highest BCUT2D eigenvalue weighted by Gasteiger charge is 2.23. The van der Waals surface area contributed by atoms with Crippen LogP contribution in [0.2, 0.25) is 5.02 Å². The van der Waals surface area contributed by atoms with Crippen LogP contribution in [0.5, 0.6) is 0 Å². The molecule has 0 radical (unpaired) electrons. The molecule has 25 heavy (non-hydrogen) atoms. The van der Waals surface area contributed by atoms with Crippen LogP contribution in [0.15, 0.2) is 34.9 Å². The van der Waals surface area contributed by atoms with Crippen LogP contribution in [0.1, 0.15) is 34.5 Å². The van der Waals surface area contributed by atoms with E-state index in [2.05, 4.69) is 10.2 Å². The SMILES string of the molecule is NCc1cc(C(=O)NC2CCCN(Cc3ccc(F)cc3Cl)C2)co1. The highest BCUT2D eigenvalue weighted by atomic mass is 35.5. The molecule has 0 spiro atoms. The molecule has 5 nitrogen and oxygen atoms in total. The molecule has 7 heteroatoms. The summed E-state index contributed by atoms with van der Waals surface area (Å²) < 4.78 is 18.4. The fraction of sp³-hybridized carbons (Fsp3) is 0.389. The third kappa shape index (κ3) is 4.60. The number of nitrogens with one attached hydrogen (secondary N) is 1. The van der Waals surface area contributed by atoms with E-state index in [0.717, 1.165) is 31.5 Å². The van der Waals surface area contributed by atoms with Crippen molar-refractivity contribution in [3.05, 3.63) is 58.3 Å². The molecular weight excluding hydrogens is 345 g/mol. The molecule has 2 aromatic rings. The van der Waals surface area contributed by atoms with Crippen LogP contribution in [0.3, 0.4) is 0 Å². The minimum absolute atomic E-state index is 0.0525. The zero-order valence-corrected chi connectivity index (χ0v) is 14.6. The Labute approximate surface area is 150 Å². The molecule has 0 aliphatic carbocycles. The molecule has 3 N–H and O–H groups in total. The van der Waals surface area contributed by atoms with E-state index in [4.69, 9.17) is 21.8 Å². The fourth-order valence-electron chi connectivity index (χ4n) is 3.08. The van der Waals surface area contributed by atoms with Gasteiger partial charge in [0.1, 0.15) is 17.8 Å². The second kappa shape index (κ2) is 7.99. The first kappa shape index (κ1) is 17.9. The lowest BCUT2D eigenvalue weighted by Crippen LogP contribution is -2.47. The molecule has 2 heterocycles. The third-order valence-corrected chi connectivity index (χ3v) is 4.72. The number of halogens is 2. The van der Waals surface area contributed by atoms with Gasteiger partial charge in [-0.2, -0.15) is 0 Å². The van der Waals surface area contributed by atoms with E-state index >= 15 is 0 Å². The maximum atomic E-state index is 13.2. The molecule has 0 saturated carbocycles. The van der Waals surface area contributed by atoms with E-state index in [0.29, 0.717) is 22.9 Å². The van der Waals surface area contributed by atoms with Gasteiger partial charge >= 0.3 is 0 Å². The van der Waals surface area contributed by atoms with E-state index in [1.807, 2.05) is 0 Å².